The van der Waals surface area contributed by atoms with Crippen molar-refractivity contribution in [1.29, 1.82) is 0 Å². The van der Waals surface area contributed by atoms with Crippen molar-refractivity contribution in [1.82, 2.24) is 5.32 Å². The van der Waals surface area contributed by atoms with Gasteiger partial charge in [0.05, 0.1) is 15.8 Å². The zero-order valence-corrected chi connectivity index (χ0v) is 26.8. The Kier molecular flexibility index (Phi) is 9.21. The molecule has 1 atom stereocenters. The number of anilines is 2. The van der Waals surface area contributed by atoms with Gasteiger partial charge in [0, 0.05) is 22.6 Å². The van der Waals surface area contributed by atoms with E-state index >= 15 is 0 Å². The number of sulfonamides is 1. The maximum Gasteiger partial charge on any atom is 0.272 e. The first-order chi connectivity index (χ1) is 23.1. The van der Waals surface area contributed by atoms with Gasteiger partial charge in [-0.25, -0.2) is 18.5 Å². The van der Waals surface area contributed by atoms with Crippen molar-refractivity contribution in [2.75, 3.05) is 10.2 Å². The molecule has 0 radical (unpaired) electrons. The number of primary sulfonamides is 1. The lowest BCUT2D eigenvalue weighted by Gasteiger charge is -2.15. The molecule has 0 bridgehead atoms. The normalized spacial score (nSPS) is 15.1. The molecule has 4 N–H and O–H groups in total. The Balaban J connectivity index is 1.17. The third-order valence-electron chi connectivity index (χ3n) is 7.57. The predicted molar refractivity (Wildman–Crippen MR) is 185 cm³/mol. The highest BCUT2D eigenvalue weighted by molar-refractivity contribution is 8.00. The highest BCUT2D eigenvalue weighted by atomic mass is 32.2. The molecule has 0 saturated carbocycles. The first kappa shape index (κ1) is 32.4. The lowest BCUT2D eigenvalue weighted by Crippen LogP contribution is -2.31. The minimum atomic E-state index is -3.92. The topological polar surface area (TPSA) is 156 Å². The first-order valence-electron chi connectivity index (χ1n) is 14.7. The van der Waals surface area contributed by atoms with Gasteiger partial charge in [-0.05, 0) is 83.1 Å². The van der Waals surface area contributed by atoms with Crippen LogP contribution in [0.25, 0.3) is 16.8 Å². The number of hydrogen-bond acceptors (Lipinski definition) is 7. The molecule has 0 aliphatic carbocycles. The molecule has 4 amide bonds. The fraction of sp³-hybridized carbons (Fsp3) is 0.0556. The molecule has 48 heavy (non-hydrogen) atoms. The quantitative estimate of drug-likeness (QED) is 0.141. The van der Waals surface area contributed by atoms with Crippen LogP contribution in [0.3, 0.4) is 0 Å². The Morgan fingerprint density at radius 2 is 1.48 bits per heavy atom. The highest BCUT2D eigenvalue weighted by Crippen LogP contribution is 2.34. The van der Waals surface area contributed by atoms with Crippen LogP contribution in [0.15, 0.2) is 137 Å². The molecular weight excluding hydrogens is 649 g/mol. The molecule has 1 aliphatic heterocycles. The third-order valence-corrected chi connectivity index (χ3v) is 9.70. The van der Waals surface area contributed by atoms with Crippen LogP contribution in [0.4, 0.5) is 11.4 Å². The van der Waals surface area contributed by atoms with E-state index in [1.165, 1.54) is 36.0 Å². The zero-order valence-electron chi connectivity index (χ0n) is 25.2. The average molecular weight is 677 g/mol. The Bertz CT molecular complexity index is 2180. The number of imide groups is 1. The van der Waals surface area contributed by atoms with Crippen LogP contribution >= 0.6 is 11.8 Å². The lowest BCUT2D eigenvalue weighted by atomic mass is 10.0. The lowest BCUT2D eigenvalue weighted by molar-refractivity contribution is -0.121. The molecule has 12 heteroatoms. The van der Waals surface area contributed by atoms with E-state index in [1.807, 2.05) is 42.5 Å². The van der Waals surface area contributed by atoms with Crippen LogP contribution < -0.4 is 20.7 Å². The summed E-state index contributed by atoms with van der Waals surface area (Å²) >= 11 is 1.20. The average Bonchev–Trinajstić information content (AvgIpc) is 3.36. The van der Waals surface area contributed by atoms with Crippen molar-refractivity contribution >= 4 is 73.6 Å². The predicted octanol–water partition coefficient (Wildman–Crippen LogP) is 5.32. The van der Waals surface area contributed by atoms with Crippen molar-refractivity contribution in [3.63, 3.8) is 0 Å². The number of carbonyl (C=O) groups is 4. The second-order valence-electron chi connectivity index (χ2n) is 10.8. The Hall–Kier alpha value is -5.56. The molecule has 1 saturated heterocycles. The smallest absolute Gasteiger partial charge is 0.272 e. The third kappa shape index (κ3) is 7.20. The summed E-state index contributed by atoms with van der Waals surface area (Å²) in [7, 11) is -3.92. The number of nitrogens with zero attached hydrogens (tertiary/aromatic N) is 1. The SMILES string of the molecule is NS(=O)(=O)c1ccc(N2C(=O)CC(Sc3ccc(NC(=O)/C(=C/c4cccc5ccccc45)NC(=O)c4ccccc4)cc3)C2=O)cc1. The summed E-state index contributed by atoms with van der Waals surface area (Å²) in [6, 6.07) is 34.0. The van der Waals surface area contributed by atoms with Crippen LogP contribution in [0, 0.1) is 0 Å². The molecule has 0 aromatic heterocycles. The van der Waals surface area contributed by atoms with Gasteiger partial charge < -0.3 is 10.6 Å². The van der Waals surface area contributed by atoms with Gasteiger partial charge in [0.1, 0.15) is 5.70 Å². The summed E-state index contributed by atoms with van der Waals surface area (Å²) in [5.74, 6) is -1.81. The fourth-order valence-electron chi connectivity index (χ4n) is 5.21. The van der Waals surface area contributed by atoms with Crippen LogP contribution in [-0.4, -0.2) is 37.3 Å². The van der Waals surface area contributed by atoms with Crippen molar-refractivity contribution < 1.29 is 27.6 Å². The second-order valence-corrected chi connectivity index (χ2v) is 13.7. The van der Waals surface area contributed by atoms with Gasteiger partial charge in [-0.3, -0.25) is 19.2 Å². The van der Waals surface area contributed by atoms with Crippen molar-refractivity contribution in [2.24, 2.45) is 5.14 Å². The molecule has 0 spiro atoms. The number of fused-ring (bicyclic) bond motifs is 1. The van der Waals surface area contributed by atoms with Gasteiger partial charge >= 0.3 is 0 Å². The maximum absolute atomic E-state index is 13.6. The second kappa shape index (κ2) is 13.7. The van der Waals surface area contributed by atoms with E-state index in [0.717, 1.165) is 21.2 Å². The van der Waals surface area contributed by atoms with E-state index in [4.69, 9.17) is 5.14 Å². The van der Waals surface area contributed by atoms with Gasteiger partial charge in [-0.15, -0.1) is 11.8 Å². The van der Waals surface area contributed by atoms with E-state index in [-0.39, 0.29) is 22.7 Å². The van der Waals surface area contributed by atoms with Crippen LogP contribution in [-0.2, 0) is 24.4 Å². The number of rotatable bonds is 9. The van der Waals surface area contributed by atoms with Gasteiger partial charge in [0.15, 0.2) is 0 Å². The summed E-state index contributed by atoms with van der Waals surface area (Å²) < 4.78 is 23.1. The Morgan fingerprint density at radius 1 is 0.812 bits per heavy atom. The maximum atomic E-state index is 13.6. The van der Waals surface area contributed by atoms with E-state index in [2.05, 4.69) is 10.6 Å². The number of nitrogens with one attached hydrogen (secondary N) is 2. The van der Waals surface area contributed by atoms with Gasteiger partial charge in [-0.1, -0.05) is 60.7 Å². The monoisotopic (exact) mass is 676 g/mol. The molecule has 1 heterocycles. The number of carbonyl (C=O) groups excluding carboxylic acids is 4. The highest BCUT2D eigenvalue weighted by Gasteiger charge is 2.40. The molecule has 6 rings (SSSR count). The summed E-state index contributed by atoms with van der Waals surface area (Å²) in [6.45, 7) is 0. The molecule has 5 aromatic rings. The van der Waals surface area contributed by atoms with E-state index in [1.54, 1.807) is 60.7 Å². The summed E-state index contributed by atoms with van der Waals surface area (Å²) in [5.41, 5.74) is 1.90. The summed E-state index contributed by atoms with van der Waals surface area (Å²) in [4.78, 5) is 54.2. The molecule has 1 unspecified atom stereocenters. The number of hydrogen-bond donors (Lipinski definition) is 3. The Morgan fingerprint density at radius 3 is 2.19 bits per heavy atom. The van der Waals surface area contributed by atoms with E-state index in [9.17, 15) is 27.6 Å². The van der Waals surface area contributed by atoms with Crippen molar-refractivity contribution in [2.45, 2.75) is 21.5 Å². The minimum absolute atomic E-state index is 0.0393. The summed E-state index contributed by atoms with van der Waals surface area (Å²) in [6.07, 6.45) is 1.60. The zero-order chi connectivity index (χ0) is 33.8. The van der Waals surface area contributed by atoms with E-state index in [0.29, 0.717) is 16.1 Å². The summed E-state index contributed by atoms with van der Waals surface area (Å²) in [5, 5.41) is 11.9. The standard InChI is InChI=1S/C36H28N4O6S2/c37-48(45,46)29-19-15-27(16-20-29)40-33(41)22-32(36(40)44)47-28-17-13-26(14-18-28)38-35(43)31(39-34(42)24-8-2-1-3-9-24)21-25-11-6-10-23-7-4-5-12-30(23)25/h1-21,32H,22H2,(H,38,43)(H,39,42)(H2,37,45,46)/b31-21-. The van der Waals surface area contributed by atoms with Crippen LogP contribution in [0.5, 0.6) is 0 Å². The van der Waals surface area contributed by atoms with Gasteiger partial charge in [0.2, 0.25) is 21.8 Å². The molecule has 1 aliphatic rings. The number of nitrogens with two attached hydrogens (primary N) is 1. The van der Waals surface area contributed by atoms with Crippen LogP contribution in [0.1, 0.15) is 22.3 Å². The van der Waals surface area contributed by atoms with Crippen molar-refractivity contribution in [3.05, 3.63) is 138 Å². The molecule has 10 nitrogen and oxygen atoms in total. The number of thioether (sulfide) groups is 1. The van der Waals surface area contributed by atoms with Crippen LogP contribution in [0.2, 0.25) is 0 Å². The number of amides is 4. The van der Waals surface area contributed by atoms with E-state index < -0.39 is 38.9 Å². The largest absolute Gasteiger partial charge is 0.321 e. The number of benzene rings is 5. The van der Waals surface area contributed by atoms with Crippen molar-refractivity contribution in [3.8, 4) is 0 Å². The van der Waals surface area contributed by atoms with Gasteiger partial charge in [0.25, 0.3) is 11.8 Å². The molecule has 1 fully saturated rings. The molecule has 240 valence electrons. The molecular formula is C36H28N4O6S2. The minimum Gasteiger partial charge on any atom is -0.321 e. The van der Waals surface area contributed by atoms with Gasteiger partial charge in [-0.2, -0.15) is 0 Å². The first-order valence-corrected chi connectivity index (χ1v) is 17.1. The molecule has 5 aromatic carbocycles. The Labute approximate surface area is 280 Å². The fourth-order valence-corrected chi connectivity index (χ4v) is 6.78.